The summed E-state index contributed by atoms with van der Waals surface area (Å²) in [7, 11) is 0. The molecule has 19 heavy (non-hydrogen) atoms. The van der Waals surface area contributed by atoms with Crippen LogP contribution in [0.4, 0.5) is 0 Å². The molecule has 1 heterocycles. The number of aliphatic hydroxyl groups is 3. The Hall–Kier alpha value is -0.160. The van der Waals surface area contributed by atoms with Gasteiger partial charge in [0, 0.05) is 0 Å². The molecule has 0 aliphatic carbocycles. The van der Waals surface area contributed by atoms with E-state index in [1.165, 1.54) is 38.5 Å². The average Bonchev–Trinajstić information content (AvgIpc) is 2.41. The first-order chi connectivity index (χ1) is 9.16. The first-order valence-corrected chi connectivity index (χ1v) is 7.82. The SMILES string of the molecule is CCCCCCCCCCC1OC[C@@H](O)[C@H](O)[C@H]1O. The standard InChI is InChI=1S/C15H30O4/c1-2-3-4-5-6-7-8-9-10-13-15(18)14(17)12(16)11-19-13/h12-18H,2-11H2,1H3/t12-,13?,14+,15+/m1/s1. The molecular weight excluding hydrogens is 244 g/mol. The zero-order chi connectivity index (χ0) is 14.1. The molecular formula is C15H30O4. The van der Waals surface area contributed by atoms with Gasteiger partial charge in [0.1, 0.15) is 18.3 Å². The fourth-order valence-electron chi connectivity index (χ4n) is 2.60. The van der Waals surface area contributed by atoms with Crippen LogP contribution in [0.1, 0.15) is 64.7 Å². The summed E-state index contributed by atoms with van der Waals surface area (Å²) in [6, 6.07) is 0. The molecule has 1 saturated heterocycles. The highest BCUT2D eigenvalue weighted by atomic mass is 16.5. The lowest BCUT2D eigenvalue weighted by Gasteiger charge is -2.35. The normalized spacial score (nSPS) is 31.6. The van der Waals surface area contributed by atoms with E-state index in [2.05, 4.69) is 6.92 Å². The molecule has 0 aromatic rings. The predicted octanol–water partition coefficient (Wildman–Crippen LogP) is 2.00. The maximum absolute atomic E-state index is 9.77. The minimum Gasteiger partial charge on any atom is -0.388 e. The summed E-state index contributed by atoms with van der Waals surface area (Å²) in [5, 5.41) is 28.7. The summed E-state index contributed by atoms with van der Waals surface area (Å²) < 4.78 is 5.37. The number of hydrogen-bond acceptors (Lipinski definition) is 4. The van der Waals surface area contributed by atoms with E-state index in [-0.39, 0.29) is 12.7 Å². The van der Waals surface area contributed by atoms with Crippen LogP contribution in [-0.2, 0) is 4.74 Å². The first kappa shape index (κ1) is 16.9. The second kappa shape index (κ2) is 9.70. The molecule has 0 spiro atoms. The zero-order valence-corrected chi connectivity index (χ0v) is 12.1. The molecule has 1 rings (SSSR count). The van der Waals surface area contributed by atoms with Crippen LogP contribution in [0.15, 0.2) is 0 Å². The quantitative estimate of drug-likeness (QED) is 0.562. The van der Waals surface area contributed by atoms with Crippen molar-refractivity contribution in [1.82, 2.24) is 0 Å². The molecule has 0 amide bonds. The molecule has 3 N–H and O–H groups in total. The van der Waals surface area contributed by atoms with Crippen LogP contribution < -0.4 is 0 Å². The number of rotatable bonds is 9. The van der Waals surface area contributed by atoms with Crippen LogP contribution in [0.2, 0.25) is 0 Å². The fraction of sp³-hybridized carbons (Fsp3) is 1.00. The Morgan fingerprint density at radius 3 is 2.05 bits per heavy atom. The van der Waals surface area contributed by atoms with Gasteiger partial charge in [0.2, 0.25) is 0 Å². The Bertz CT molecular complexity index is 222. The van der Waals surface area contributed by atoms with Gasteiger partial charge >= 0.3 is 0 Å². The van der Waals surface area contributed by atoms with Crippen molar-refractivity contribution in [1.29, 1.82) is 0 Å². The molecule has 0 aromatic heterocycles. The molecule has 0 bridgehead atoms. The van der Waals surface area contributed by atoms with Crippen LogP contribution in [0.5, 0.6) is 0 Å². The summed E-state index contributed by atoms with van der Waals surface area (Å²) in [6.45, 7) is 2.35. The second-order valence-electron chi connectivity index (χ2n) is 5.68. The Labute approximate surface area is 116 Å². The van der Waals surface area contributed by atoms with Crippen molar-refractivity contribution >= 4 is 0 Å². The molecule has 1 aliphatic heterocycles. The molecule has 1 unspecified atom stereocenters. The summed E-state index contributed by atoms with van der Waals surface area (Å²) >= 11 is 0. The van der Waals surface area contributed by atoms with Gasteiger partial charge in [-0.3, -0.25) is 0 Å². The van der Waals surface area contributed by atoms with Gasteiger partial charge in [-0.1, -0.05) is 58.3 Å². The van der Waals surface area contributed by atoms with E-state index in [0.29, 0.717) is 0 Å². The third-order valence-electron chi connectivity index (χ3n) is 3.95. The Morgan fingerprint density at radius 1 is 0.842 bits per heavy atom. The predicted molar refractivity (Wildman–Crippen MR) is 75.0 cm³/mol. The highest BCUT2D eigenvalue weighted by molar-refractivity contribution is 4.86. The average molecular weight is 274 g/mol. The molecule has 1 aliphatic rings. The number of ether oxygens (including phenoxy) is 1. The second-order valence-corrected chi connectivity index (χ2v) is 5.68. The fourth-order valence-corrected chi connectivity index (χ4v) is 2.60. The molecule has 4 nitrogen and oxygen atoms in total. The van der Waals surface area contributed by atoms with Crippen LogP contribution in [0, 0.1) is 0 Å². The van der Waals surface area contributed by atoms with E-state index in [1.807, 2.05) is 0 Å². The van der Waals surface area contributed by atoms with Gasteiger partial charge in [0.15, 0.2) is 0 Å². The lowest BCUT2D eigenvalue weighted by Crippen LogP contribution is -2.52. The van der Waals surface area contributed by atoms with Gasteiger partial charge in [0.05, 0.1) is 12.7 Å². The van der Waals surface area contributed by atoms with Gasteiger partial charge in [-0.2, -0.15) is 0 Å². The lowest BCUT2D eigenvalue weighted by molar-refractivity contribution is -0.188. The Morgan fingerprint density at radius 2 is 1.42 bits per heavy atom. The first-order valence-electron chi connectivity index (χ1n) is 7.82. The molecule has 0 saturated carbocycles. The monoisotopic (exact) mass is 274 g/mol. The van der Waals surface area contributed by atoms with E-state index >= 15 is 0 Å². The third-order valence-corrected chi connectivity index (χ3v) is 3.95. The zero-order valence-electron chi connectivity index (χ0n) is 12.1. The van der Waals surface area contributed by atoms with Gasteiger partial charge in [0.25, 0.3) is 0 Å². The van der Waals surface area contributed by atoms with E-state index in [0.717, 1.165) is 19.3 Å². The van der Waals surface area contributed by atoms with Crippen molar-refractivity contribution in [3.8, 4) is 0 Å². The largest absolute Gasteiger partial charge is 0.388 e. The molecule has 4 heteroatoms. The smallest absolute Gasteiger partial charge is 0.111 e. The summed E-state index contributed by atoms with van der Waals surface area (Å²) in [5.41, 5.74) is 0. The van der Waals surface area contributed by atoms with Crippen molar-refractivity contribution < 1.29 is 20.1 Å². The maximum atomic E-state index is 9.77. The van der Waals surface area contributed by atoms with E-state index in [4.69, 9.17) is 4.74 Å². The molecule has 0 radical (unpaired) electrons. The highest BCUT2D eigenvalue weighted by Gasteiger charge is 2.36. The van der Waals surface area contributed by atoms with E-state index in [1.54, 1.807) is 0 Å². The van der Waals surface area contributed by atoms with E-state index < -0.39 is 18.3 Å². The minimum atomic E-state index is -1.06. The van der Waals surface area contributed by atoms with Gasteiger partial charge in [-0.25, -0.2) is 0 Å². The molecule has 4 atom stereocenters. The van der Waals surface area contributed by atoms with Gasteiger partial charge in [-0.15, -0.1) is 0 Å². The van der Waals surface area contributed by atoms with Crippen molar-refractivity contribution in [2.75, 3.05) is 6.61 Å². The summed E-state index contributed by atoms with van der Waals surface area (Å²) in [5.74, 6) is 0. The Kier molecular flexibility index (Phi) is 8.62. The number of unbranched alkanes of at least 4 members (excludes halogenated alkanes) is 7. The van der Waals surface area contributed by atoms with Crippen molar-refractivity contribution in [3.05, 3.63) is 0 Å². The van der Waals surface area contributed by atoms with Crippen molar-refractivity contribution in [2.24, 2.45) is 0 Å². The van der Waals surface area contributed by atoms with Crippen LogP contribution in [0.25, 0.3) is 0 Å². The minimum absolute atomic E-state index is 0.125. The molecule has 114 valence electrons. The van der Waals surface area contributed by atoms with E-state index in [9.17, 15) is 15.3 Å². The van der Waals surface area contributed by atoms with Crippen LogP contribution in [0.3, 0.4) is 0 Å². The molecule has 1 fully saturated rings. The summed E-state index contributed by atoms with van der Waals surface area (Å²) in [6.07, 6.45) is 7.44. The highest BCUT2D eigenvalue weighted by Crippen LogP contribution is 2.20. The Balaban J connectivity index is 2.00. The summed E-state index contributed by atoms with van der Waals surface area (Å²) in [4.78, 5) is 0. The lowest BCUT2D eigenvalue weighted by atomic mass is 9.95. The van der Waals surface area contributed by atoms with Gasteiger partial charge < -0.3 is 20.1 Å². The topological polar surface area (TPSA) is 69.9 Å². The van der Waals surface area contributed by atoms with Crippen molar-refractivity contribution in [3.63, 3.8) is 0 Å². The van der Waals surface area contributed by atoms with Crippen LogP contribution >= 0.6 is 0 Å². The maximum Gasteiger partial charge on any atom is 0.111 e. The third kappa shape index (κ3) is 6.21. The number of hydrogen-bond donors (Lipinski definition) is 3. The number of aliphatic hydroxyl groups excluding tert-OH is 3. The van der Waals surface area contributed by atoms with Crippen molar-refractivity contribution in [2.45, 2.75) is 89.1 Å². The van der Waals surface area contributed by atoms with Crippen LogP contribution in [-0.4, -0.2) is 46.3 Å². The van der Waals surface area contributed by atoms with Gasteiger partial charge in [-0.05, 0) is 6.42 Å². The molecule has 0 aromatic carbocycles.